The van der Waals surface area contributed by atoms with E-state index < -0.39 is 0 Å². The summed E-state index contributed by atoms with van der Waals surface area (Å²) in [5.41, 5.74) is 1.49. The normalized spacial score (nSPS) is 25.8. The first-order valence-electron chi connectivity index (χ1n) is 11.6. The lowest BCUT2D eigenvalue weighted by atomic mass is 9.82. The predicted molar refractivity (Wildman–Crippen MR) is 124 cm³/mol. The number of guanidine groups is 1. The maximum atomic E-state index is 4.59. The second-order valence-corrected chi connectivity index (χ2v) is 9.00. The summed E-state index contributed by atoms with van der Waals surface area (Å²) >= 11 is 0. The number of piperazine rings is 1. The summed E-state index contributed by atoms with van der Waals surface area (Å²) in [6.07, 6.45) is 1.20. The maximum Gasteiger partial charge on any atom is 0.193 e. The van der Waals surface area contributed by atoms with Crippen molar-refractivity contribution in [2.75, 3.05) is 66.0 Å². The van der Waals surface area contributed by atoms with Crippen molar-refractivity contribution in [3.63, 3.8) is 0 Å². The SMILES string of the molecule is CCN1CCN(CC(C)CNC(=NC)N2CCC(c3ccccc3)C(C)C2)CC1. The van der Waals surface area contributed by atoms with Crippen LogP contribution in [-0.4, -0.2) is 86.6 Å². The number of likely N-dealkylation sites (N-methyl/N-ethyl adjacent to an activating group) is 1. The number of hydrogen-bond acceptors (Lipinski definition) is 3. The van der Waals surface area contributed by atoms with Crippen molar-refractivity contribution < 1.29 is 0 Å². The monoisotopic (exact) mass is 399 g/mol. The molecule has 2 fully saturated rings. The van der Waals surface area contributed by atoms with Crippen LogP contribution in [0.25, 0.3) is 0 Å². The number of aliphatic imine (C=N–C) groups is 1. The lowest BCUT2D eigenvalue weighted by Crippen LogP contribution is -2.50. The number of likely N-dealkylation sites (tertiary alicyclic amines) is 1. The Balaban J connectivity index is 1.43. The standard InChI is InChI=1S/C24H41N5/c1-5-27-13-15-28(16-14-27)18-20(2)17-26-24(25-4)29-12-11-23(21(3)19-29)22-9-7-6-8-10-22/h6-10,20-21,23H,5,11-19H2,1-4H3,(H,25,26). The maximum absolute atomic E-state index is 4.59. The molecule has 3 atom stereocenters. The molecule has 0 bridgehead atoms. The van der Waals surface area contributed by atoms with Gasteiger partial charge in [-0.2, -0.15) is 0 Å². The van der Waals surface area contributed by atoms with E-state index >= 15 is 0 Å². The molecular formula is C24H41N5. The molecule has 1 N–H and O–H groups in total. The molecule has 5 nitrogen and oxygen atoms in total. The first kappa shape index (κ1) is 22.1. The summed E-state index contributed by atoms with van der Waals surface area (Å²) in [5.74, 6) is 2.99. The van der Waals surface area contributed by atoms with Gasteiger partial charge in [0.05, 0.1) is 0 Å². The molecule has 162 valence electrons. The zero-order valence-electron chi connectivity index (χ0n) is 19.0. The number of rotatable bonds is 6. The van der Waals surface area contributed by atoms with Crippen molar-refractivity contribution >= 4 is 5.96 Å². The average molecular weight is 400 g/mol. The Morgan fingerprint density at radius 1 is 1.10 bits per heavy atom. The van der Waals surface area contributed by atoms with Gasteiger partial charge in [-0.1, -0.05) is 51.1 Å². The number of nitrogens with zero attached hydrogens (tertiary/aromatic N) is 4. The second kappa shape index (κ2) is 11.0. The predicted octanol–water partition coefficient (Wildman–Crippen LogP) is 2.96. The van der Waals surface area contributed by atoms with Gasteiger partial charge >= 0.3 is 0 Å². The van der Waals surface area contributed by atoms with E-state index in [-0.39, 0.29) is 0 Å². The van der Waals surface area contributed by atoms with Crippen LogP contribution in [0.15, 0.2) is 35.3 Å². The van der Waals surface area contributed by atoms with Crippen LogP contribution in [0.2, 0.25) is 0 Å². The molecular weight excluding hydrogens is 358 g/mol. The molecule has 3 unspecified atom stereocenters. The van der Waals surface area contributed by atoms with Crippen LogP contribution in [-0.2, 0) is 0 Å². The van der Waals surface area contributed by atoms with Crippen molar-refractivity contribution in [2.45, 2.75) is 33.1 Å². The molecule has 29 heavy (non-hydrogen) atoms. The number of benzene rings is 1. The molecule has 0 saturated carbocycles. The van der Waals surface area contributed by atoms with Gasteiger partial charge in [0, 0.05) is 59.4 Å². The highest BCUT2D eigenvalue weighted by Crippen LogP contribution is 2.32. The minimum absolute atomic E-state index is 0.624. The number of nitrogens with one attached hydrogen (secondary N) is 1. The van der Waals surface area contributed by atoms with Crippen molar-refractivity contribution in [3.05, 3.63) is 35.9 Å². The smallest absolute Gasteiger partial charge is 0.193 e. The van der Waals surface area contributed by atoms with Gasteiger partial charge in [-0.15, -0.1) is 0 Å². The van der Waals surface area contributed by atoms with Gasteiger partial charge in [0.2, 0.25) is 0 Å². The van der Waals surface area contributed by atoms with Gasteiger partial charge in [0.1, 0.15) is 0 Å². The molecule has 2 heterocycles. The molecule has 0 radical (unpaired) electrons. The molecule has 2 aliphatic heterocycles. The fourth-order valence-corrected chi connectivity index (χ4v) is 4.92. The van der Waals surface area contributed by atoms with Crippen molar-refractivity contribution in [1.82, 2.24) is 20.0 Å². The lowest BCUT2D eigenvalue weighted by molar-refractivity contribution is 0.124. The van der Waals surface area contributed by atoms with Crippen LogP contribution < -0.4 is 5.32 Å². The fourth-order valence-electron chi connectivity index (χ4n) is 4.92. The van der Waals surface area contributed by atoms with Gasteiger partial charge < -0.3 is 20.0 Å². The Morgan fingerprint density at radius 3 is 2.41 bits per heavy atom. The Kier molecular flexibility index (Phi) is 8.37. The highest BCUT2D eigenvalue weighted by Gasteiger charge is 2.28. The van der Waals surface area contributed by atoms with Crippen molar-refractivity contribution in [2.24, 2.45) is 16.8 Å². The zero-order valence-corrected chi connectivity index (χ0v) is 19.0. The molecule has 5 heteroatoms. The Morgan fingerprint density at radius 2 is 1.79 bits per heavy atom. The van der Waals surface area contributed by atoms with Crippen LogP contribution >= 0.6 is 0 Å². The third-order valence-electron chi connectivity index (χ3n) is 6.73. The first-order valence-corrected chi connectivity index (χ1v) is 11.6. The van der Waals surface area contributed by atoms with E-state index in [1.807, 2.05) is 7.05 Å². The number of hydrogen-bond donors (Lipinski definition) is 1. The van der Waals surface area contributed by atoms with Crippen LogP contribution in [0, 0.1) is 11.8 Å². The highest BCUT2D eigenvalue weighted by atomic mass is 15.3. The van der Waals surface area contributed by atoms with E-state index in [2.05, 4.69) is 76.1 Å². The molecule has 0 aromatic heterocycles. The Hall–Kier alpha value is -1.59. The van der Waals surface area contributed by atoms with E-state index in [1.165, 1.54) is 51.3 Å². The van der Waals surface area contributed by atoms with Crippen LogP contribution in [0.1, 0.15) is 38.7 Å². The van der Waals surface area contributed by atoms with Gasteiger partial charge in [0.25, 0.3) is 0 Å². The quantitative estimate of drug-likeness (QED) is 0.589. The molecule has 2 aliphatic rings. The molecule has 0 amide bonds. The van der Waals surface area contributed by atoms with Gasteiger partial charge in [0.15, 0.2) is 5.96 Å². The molecule has 3 rings (SSSR count). The van der Waals surface area contributed by atoms with E-state index in [1.54, 1.807) is 0 Å². The first-order chi connectivity index (χ1) is 14.1. The lowest BCUT2D eigenvalue weighted by Gasteiger charge is -2.39. The van der Waals surface area contributed by atoms with E-state index in [0.29, 0.717) is 17.8 Å². The highest BCUT2D eigenvalue weighted by molar-refractivity contribution is 5.80. The summed E-state index contributed by atoms with van der Waals surface area (Å²) in [4.78, 5) is 12.2. The van der Waals surface area contributed by atoms with Crippen LogP contribution in [0.5, 0.6) is 0 Å². The minimum atomic E-state index is 0.624. The second-order valence-electron chi connectivity index (χ2n) is 9.00. The zero-order chi connectivity index (χ0) is 20.6. The Labute approximate surface area is 178 Å². The summed E-state index contributed by atoms with van der Waals surface area (Å²) in [5, 5.41) is 3.66. The van der Waals surface area contributed by atoms with Gasteiger partial charge in [-0.25, -0.2) is 0 Å². The minimum Gasteiger partial charge on any atom is -0.356 e. The van der Waals surface area contributed by atoms with E-state index in [4.69, 9.17) is 0 Å². The van der Waals surface area contributed by atoms with Crippen molar-refractivity contribution in [1.29, 1.82) is 0 Å². The largest absolute Gasteiger partial charge is 0.356 e. The third kappa shape index (κ3) is 6.19. The third-order valence-corrected chi connectivity index (χ3v) is 6.73. The topological polar surface area (TPSA) is 34.1 Å². The molecule has 1 aromatic rings. The fraction of sp³-hybridized carbons (Fsp3) is 0.708. The Bertz CT molecular complexity index is 623. The summed E-state index contributed by atoms with van der Waals surface area (Å²) in [6.45, 7) is 17.4. The van der Waals surface area contributed by atoms with Crippen LogP contribution in [0.4, 0.5) is 0 Å². The molecule has 1 aromatic carbocycles. The van der Waals surface area contributed by atoms with Crippen LogP contribution in [0.3, 0.4) is 0 Å². The van der Waals surface area contributed by atoms with Gasteiger partial charge in [-0.3, -0.25) is 4.99 Å². The summed E-state index contributed by atoms with van der Waals surface area (Å²) in [6, 6.07) is 11.0. The summed E-state index contributed by atoms with van der Waals surface area (Å²) < 4.78 is 0. The molecule has 0 spiro atoms. The average Bonchev–Trinajstić information content (AvgIpc) is 2.75. The van der Waals surface area contributed by atoms with Crippen molar-refractivity contribution in [3.8, 4) is 0 Å². The van der Waals surface area contributed by atoms with E-state index in [0.717, 1.165) is 25.6 Å². The van der Waals surface area contributed by atoms with E-state index in [9.17, 15) is 0 Å². The molecule has 2 saturated heterocycles. The summed E-state index contributed by atoms with van der Waals surface area (Å²) in [7, 11) is 1.92. The van der Waals surface area contributed by atoms with Gasteiger partial charge in [-0.05, 0) is 36.3 Å². The molecule has 0 aliphatic carbocycles. The number of piperidine rings is 1.